The first kappa shape index (κ1) is 23.8. The number of carbonyl (C=O) groups excluding carboxylic acids is 1. The summed E-state index contributed by atoms with van der Waals surface area (Å²) in [7, 11) is 0. The molecule has 1 aromatic heterocycles. The highest BCUT2D eigenvalue weighted by Crippen LogP contribution is 2.48. The topological polar surface area (TPSA) is 55.2 Å². The second-order valence-corrected chi connectivity index (χ2v) is 10.4. The van der Waals surface area contributed by atoms with Gasteiger partial charge in [-0.2, -0.15) is 0 Å². The van der Waals surface area contributed by atoms with Crippen molar-refractivity contribution < 1.29 is 4.79 Å². The van der Waals surface area contributed by atoms with Gasteiger partial charge in [0, 0.05) is 30.6 Å². The number of benzene rings is 1. The number of nitrogens with zero attached hydrogens (tertiary/aromatic N) is 3. The predicted molar refractivity (Wildman–Crippen MR) is 136 cm³/mol. The molecule has 1 heterocycles. The number of fused-ring (bicyclic) bond motifs is 4. The van der Waals surface area contributed by atoms with Gasteiger partial charge in [0.1, 0.15) is 0 Å². The van der Waals surface area contributed by atoms with Gasteiger partial charge in [0.15, 0.2) is 5.16 Å². The van der Waals surface area contributed by atoms with E-state index in [9.17, 15) is 9.59 Å². The summed E-state index contributed by atoms with van der Waals surface area (Å²) in [6.45, 7) is 11.8. The Kier molecular flexibility index (Phi) is 7.13. The normalized spacial score (nSPS) is 16.2. The van der Waals surface area contributed by atoms with Crippen LogP contribution in [0.2, 0.25) is 0 Å². The monoisotopic (exact) mass is 465 g/mol. The second-order valence-electron chi connectivity index (χ2n) is 9.50. The summed E-state index contributed by atoms with van der Waals surface area (Å²) in [4.78, 5) is 33.7. The molecule has 4 rings (SSSR count). The van der Waals surface area contributed by atoms with E-state index >= 15 is 0 Å². The Morgan fingerprint density at radius 2 is 1.88 bits per heavy atom. The van der Waals surface area contributed by atoms with Gasteiger partial charge < -0.3 is 4.90 Å². The summed E-state index contributed by atoms with van der Waals surface area (Å²) in [6.07, 6.45) is 6.50. The summed E-state index contributed by atoms with van der Waals surface area (Å²) in [5.41, 5.74) is 4.90. The van der Waals surface area contributed by atoms with E-state index < -0.39 is 0 Å². The SMILES string of the molecule is C=C(C)Cn1c(SCC(=O)N(CC)CC)nc2c(c1=O)C1(CCCCC1)Cc1ccccc1-2. The number of allylic oxidation sites excluding steroid dienone is 1. The van der Waals surface area contributed by atoms with Crippen LogP contribution in [0.1, 0.15) is 64.0 Å². The van der Waals surface area contributed by atoms with Crippen molar-refractivity contribution in [3.05, 3.63) is 57.9 Å². The van der Waals surface area contributed by atoms with E-state index in [1.807, 2.05) is 31.7 Å². The van der Waals surface area contributed by atoms with Crippen LogP contribution in [0.4, 0.5) is 0 Å². The Balaban J connectivity index is 1.86. The van der Waals surface area contributed by atoms with Crippen molar-refractivity contribution in [2.75, 3.05) is 18.8 Å². The van der Waals surface area contributed by atoms with Gasteiger partial charge in [-0.3, -0.25) is 14.2 Å². The molecular weight excluding hydrogens is 430 g/mol. The van der Waals surface area contributed by atoms with Crippen molar-refractivity contribution in [3.8, 4) is 11.3 Å². The molecule has 2 aliphatic carbocycles. The Morgan fingerprint density at radius 3 is 2.55 bits per heavy atom. The zero-order valence-electron chi connectivity index (χ0n) is 20.2. The van der Waals surface area contributed by atoms with E-state index in [2.05, 4.69) is 24.8 Å². The first-order chi connectivity index (χ1) is 15.9. The van der Waals surface area contributed by atoms with Gasteiger partial charge in [-0.05, 0) is 45.6 Å². The summed E-state index contributed by atoms with van der Waals surface area (Å²) in [6, 6.07) is 8.39. The van der Waals surface area contributed by atoms with Gasteiger partial charge in [-0.1, -0.05) is 67.4 Å². The lowest BCUT2D eigenvalue weighted by atomic mass is 9.62. The molecule has 1 saturated carbocycles. The first-order valence-corrected chi connectivity index (χ1v) is 13.2. The van der Waals surface area contributed by atoms with Crippen LogP contribution in [-0.4, -0.2) is 39.2 Å². The minimum absolute atomic E-state index is 0.0530. The van der Waals surface area contributed by atoms with Gasteiger partial charge in [0.25, 0.3) is 5.56 Å². The lowest BCUT2D eigenvalue weighted by molar-refractivity contribution is -0.127. The second kappa shape index (κ2) is 9.88. The van der Waals surface area contributed by atoms with Crippen LogP contribution in [0.15, 0.2) is 46.4 Å². The van der Waals surface area contributed by atoms with Gasteiger partial charge in [-0.25, -0.2) is 4.98 Å². The van der Waals surface area contributed by atoms with Crippen molar-refractivity contribution >= 4 is 17.7 Å². The smallest absolute Gasteiger partial charge is 0.258 e. The zero-order chi connectivity index (χ0) is 23.6. The zero-order valence-corrected chi connectivity index (χ0v) is 21.0. The Bertz CT molecular complexity index is 1110. The van der Waals surface area contributed by atoms with Crippen molar-refractivity contribution in [1.29, 1.82) is 0 Å². The molecule has 176 valence electrons. The molecule has 1 amide bonds. The molecule has 0 aliphatic heterocycles. The quantitative estimate of drug-likeness (QED) is 0.320. The highest BCUT2D eigenvalue weighted by molar-refractivity contribution is 7.99. The predicted octanol–water partition coefficient (Wildman–Crippen LogP) is 5.20. The fraction of sp³-hybridized carbons (Fsp3) is 0.519. The number of thioether (sulfide) groups is 1. The van der Waals surface area contributed by atoms with Crippen molar-refractivity contribution in [1.82, 2.24) is 14.5 Å². The molecule has 5 nitrogen and oxygen atoms in total. The number of aromatic nitrogens is 2. The average Bonchev–Trinajstić information content (AvgIpc) is 2.80. The summed E-state index contributed by atoms with van der Waals surface area (Å²) in [5, 5.41) is 0.616. The third-order valence-electron chi connectivity index (χ3n) is 7.15. The van der Waals surface area contributed by atoms with Crippen LogP contribution in [0.3, 0.4) is 0 Å². The van der Waals surface area contributed by atoms with Crippen LogP contribution < -0.4 is 5.56 Å². The molecule has 33 heavy (non-hydrogen) atoms. The number of hydrogen-bond acceptors (Lipinski definition) is 4. The number of amides is 1. The van der Waals surface area contributed by atoms with Crippen molar-refractivity contribution in [2.24, 2.45) is 0 Å². The molecule has 1 aromatic carbocycles. The molecule has 0 unspecified atom stereocenters. The minimum atomic E-state index is -0.136. The highest BCUT2D eigenvalue weighted by Gasteiger charge is 2.43. The van der Waals surface area contributed by atoms with Crippen LogP contribution >= 0.6 is 11.8 Å². The molecule has 0 bridgehead atoms. The fourth-order valence-corrected chi connectivity index (χ4v) is 6.43. The van der Waals surface area contributed by atoms with E-state index in [1.54, 1.807) is 4.57 Å². The Hall–Kier alpha value is -2.34. The molecule has 0 radical (unpaired) electrons. The number of carbonyl (C=O) groups is 1. The average molecular weight is 466 g/mol. The first-order valence-electron chi connectivity index (χ1n) is 12.2. The molecule has 0 N–H and O–H groups in total. The highest BCUT2D eigenvalue weighted by atomic mass is 32.2. The van der Waals surface area contributed by atoms with Crippen LogP contribution in [0.5, 0.6) is 0 Å². The summed E-state index contributed by atoms with van der Waals surface area (Å²) in [5.74, 6) is 0.346. The third-order valence-corrected chi connectivity index (χ3v) is 8.11. The van der Waals surface area contributed by atoms with Crippen LogP contribution in [0.25, 0.3) is 11.3 Å². The third kappa shape index (κ3) is 4.54. The number of rotatable bonds is 7. The molecule has 1 fully saturated rings. The maximum atomic E-state index is 14.1. The fourth-order valence-electron chi connectivity index (χ4n) is 5.54. The summed E-state index contributed by atoms with van der Waals surface area (Å²) < 4.78 is 1.77. The van der Waals surface area contributed by atoms with Crippen molar-refractivity contribution in [2.45, 2.75) is 76.4 Å². The van der Waals surface area contributed by atoms with E-state index in [0.29, 0.717) is 24.8 Å². The lowest BCUT2D eigenvalue weighted by Gasteiger charge is -2.42. The molecule has 0 atom stereocenters. The van der Waals surface area contributed by atoms with Crippen LogP contribution in [0, 0.1) is 0 Å². The van der Waals surface area contributed by atoms with Gasteiger partial charge in [0.05, 0.1) is 17.0 Å². The van der Waals surface area contributed by atoms with Gasteiger partial charge in [-0.15, -0.1) is 0 Å². The van der Waals surface area contributed by atoms with Gasteiger partial charge in [0.2, 0.25) is 5.91 Å². The standard InChI is InChI=1S/C27H35N3O2S/c1-5-29(6-2)22(31)18-33-26-28-24-21-13-9-8-12-20(21)16-27(14-10-7-11-15-27)23(24)25(32)30(26)17-19(3)4/h8-9,12-13H,3,5-7,10-11,14-18H2,1-2,4H3. The summed E-state index contributed by atoms with van der Waals surface area (Å²) >= 11 is 1.37. The molecule has 6 heteroatoms. The van der Waals surface area contributed by atoms with Crippen LogP contribution in [-0.2, 0) is 23.2 Å². The molecule has 1 spiro atoms. The van der Waals surface area contributed by atoms with E-state index in [1.165, 1.54) is 23.7 Å². The van der Waals surface area contributed by atoms with Gasteiger partial charge >= 0.3 is 0 Å². The number of hydrogen-bond donors (Lipinski definition) is 0. The minimum Gasteiger partial charge on any atom is -0.343 e. The van der Waals surface area contributed by atoms with E-state index in [0.717, 1.165) is 54.5 Å². The maximum Gasteiger partial charge on any atom is 0.258 e. The molecule has 2 aromatic rings. The molecule has 2 aliphatic rings. The van der Waals surface area contributed by atoms with E-state index in [-0.39, 0.29) is 22.6 Å². The van der Waals surface area contributed by atoms with Crippen molar-refractivity contribution in [3.63, 3.8) is 0 Å². The Morgan fingerprint density at radius 1 is 1.18 bits per heavy atom. The molecular formula is C27H35N3O2S. The van der Waals surface area contributed by atoms with E-state index in [4.69, 9.17) is 4.98 Å². The molecule has 0 saturated heterocycles. The Labute approximate surface area is 201 Å². The largest absolute Gasteiger partial charge is 0.343 e. The maximum absolute atomic E-state index is 14.1. The lowest BCUT2D eigenvalue weighted by Crippen LogP contribution is -2.43.